The molecule has 6 atom stereocenters. The Morgan fingerprint density at radius 1 is 0.765 bits per heavy atom. The van der Waals surface area contributed by atoms with Gasteiger partial charge in [-0.25, -0.2) is 0 Å². The molecule has 0 aromatic heterocycles. The number of hydrogen-bond donors (Lipinski definition) is 0. The van der Waals surface area contributed by atoms with Gasteiger partial charge in [0.2, 0.25) is 0 Å². The molecule has 2 aliphatic heterocycles. The van der Waals surface area contributed by atoms with Gasteiger partial charge in [-0.3, -0.25) is 0 Å². The van der Waals surface area contributed by atoms with Crippen LogP contribution in [0.25, 0.3) is 4.85 Å². The van der Waals surface area contributed by atoms with Crippen molar-refractivity contribution in [3.05, 3.63) is 59.0 Å². The molecular weight excluding hydrogens is 432 g/mol. The second kappa shape index (κ2) is 10.1. The first kappa shape index (κ1) is 25.0. The summed E-state index contributed by atoms with van der Waals surface area (Å²) < 4.78 is 22.9. The molecule has 34 heavy (non-hydrogen) atoms. The van der Waals surface area contributed by atoms with Gasteiger partial charge in [-0.05, 0) is 33.6 Å². The van der Waals surface area contributed by atoms with Gasteiger partial charge in [0, 0.05) is 11.8 Å². The molecule has 8 nitrogen and oxygen atoms in total. The zero-order valence-corrected chi connectivity index (χ0v) is 19.4. The Bertz CT molecular complexity index is 1090. The molecule has 0 spiro atoms. The molecule has 0 radical (unpaired) electrons. The fourth-order valence-electron chi connectivity index (χ4n) is 4.50. The lowest BCUT2D eigenvalue weighted by molar-refractivity contribution is -0.148. The van der Waals surface area contributed by atoms with Gasteiger partial charge in [0.1, 0.15) is 30.9 Å². The number of hydrogen-bond acceptors (Lipinski definition) is 7. The fourth-order valence-corrected chi connectivity index (χ4v) is 4.50. The van der Waals surface area contributed by atoms with Crippen molar-refractivity contribution in [2.24, 2.45) is 11.8 Å². The van der Waals surface area contributed by atoms with Crippen LogP contribution in [0.15, 0.2) is 47.6 Å². The number of ether oxygens (including phenoxy) is 4. The zero-order valence-electron chi connectivity index (χ0n) is 19.4. The van der Waals surface area contributed by atoms with Crippen LogP contribution in [0.1, 0.15) is 27.7 Å². The molecule has 2 heterocycles. The molecule has 0 amide bonds. The summed E-state index contributed by atoms with van der Waals surface area (Å²) in [5.74, 6) is 0.576. The van der Waals surface area contributed by atoms with Crippen molar-refractivity contribution in [2.75, 3.05) is 0 Å². The van der Waals surface area contributed by atoms with Crippen LogP contribution in [0.5, 0.6) is 0 Å². The normalized spacial score (nSPS) is 33.6. The Hall–Kier alpha value is -3.68. The molecule has 2 fully saturated rings. The molecule has 0 saturated carbocycles. The summed E-state index contributed by atoms with van der Waals surface area (Å²) in [7, 11) is 0. The maximum Gasteiger partial charge on any atom is 0.164 e. The summed E-state index contributed by atoms with van der Waals surface area (Å²) in [6, 6.07) is 7.67. The molecule has 6 rings (SSSR count). The van der Waals surface area contributed by atoms with Crippen LogP contribution in [0.2, 0.25) is 0 Å². The Balaban J connectivity index is 0.000000164. The third-order valence-corrected chi connectivity index (χ3v) is 5.64. The second-order valence-electron chi connectivity index (χ2n) is 8.85. The predicted octanol–water partition coefficient (Wildman–Crippen LogP) is 3.69. The number of rotatable bonds is 0. The first-order valence-corrected chi connectivity index (χ1v) is 10.7. The largest absolute Gasteiger partial charge is 0.344 e. The van der Waals surface area contributed by atoms with Crippen LogP contribution < -0.4 is 0 Å². The number of nitrogens with zero attached hydrogens (tertiary/aromatic N) is 4. The van der Waals surface area contributed by atoms with Crippen molar-refractivity contribution in [1.29, 1.82) is 15.8 Å². The Kier molecular flexibility index (Phi) is 7.39. The van der Waals surface area contributed by atoms with E-state index in [9.17, 15) is 10.5 Å². The molecule has 2 saturated heterocycles. The Morgan fingerprint density at radius 3 is 1.56 bits per heavy atom. The number of nitriles is 3. The smallest absolute Gasteiger partial charge is 0.164 e. The van der Waals surface area contributed by atoms with Crippen molar-refractivity contribution in [3.8, 4) is 30.2 Å². The first-order chi connectivity index (χ1) is 16.2. The molecule has 8 heteroatoms. The van der Waals surface area contributed by atoms with E-state index in [2.05, 4.69) is 17.0 Å². The first-order valence-electron chi connectivity index (χ1n) is 10.7. The monoisotopic (exact) mass is 456 g/mol. The van der Waals surface area contributed by atoms with Crippen LogP contribution in [0.4, 0.5) is 0 Å². The van der Waals surface area contributed by atoms with E-state index in [4.69, 9.17) is 30.8 Å². The molecular formula is C26H24N4O4. The SMILES string of the molecule is CC1(C)OC2C3C=CC(C(C#N)=C3C#N)C2O1.CC1(C)OC2C=CC=CC2O1.[C-]#[N+]C#CC#N. The highest BCUT2D eigenvalue weighted by Gasteiger charge is 2.55. The van der Waals surface area contributed by atoms with E-state index in [0.29, 0.717) is 11.1 Å². The van der Waals surface area contributed by atoms with Crippen molar-refractivity contribution in [3.63, 3.8) is 0 Å². The van der Waals surface area contributed by atoms with Gasteiger partial charge in [-0.1, -0.05) is 36.5 Å². The van der Waals surface area contributed by atoms with Gasteiger partial charge in [-0.15, -0.1) is 0 Å². The topological polar surface area (TPSA) is 113 Å². The van der Waals surface area contributed by atoms with E-state index >= 15 is 0 Å². The summed E-state index contributed by atoms with van der Waals surface area (Å²) in [6.07, 6.45) is 12.0. The summed E-state index contributed by atoms with van der Waals surface area (Å²) >= 11 is 0. The van der Waals surface area contributed by atoms with Gasteiger partial charge in [0.25, 0.3) is 0 Å². The highest BCUT2D eigenvalue weighted by molar-refractivity contribution is 5.51. The highest BCUT2D eigenvalue weighted by Crippen LogP contribution is 2.49. The van der Waals surface area contributed by atoms with E-state index in [1.165, 1.54) is 6.07 Å². The summed E-state index contributed by atoms with van der Waals surface area (Å²) in [5, 5.41) is 26.0. The lowest BCUT2D eigenvalue weighted by atomic mass is 9.69. The van der Waals surface area contributed by atoms with Crippen LogP contribution in [-0.4, -0.2) is 36.0 Å². The van der Waals surface area contributed by atoms with Crippen LogP contribution >= 0.6 is 0 Å². The minimum Gasteiger partial charge on any atom is -0.344 e. The lowest BCUT2D eigenvalue weighted by Crippen LogP contribution is -2.44. The van der Waals surface area contributed by atoms with E-state index in [1.807, 2.05) is 76.1 Å². The van der Waals surface area contributed by atoms with Gasteiger partial charge < -0.3 is 18.9 Å². The van der Waals surface area contributed by atoms with Gasteiger partial charge >= 0.3 is 0 Å². The summed E-state index contributed by atoms with van der Waals surface area (Å²) in [4.78, 5) is 2.59. The second-order valence-corrected chi connectivity index (χ2v) is 8.85. The molecule has 4 aliphatic carbocycles. The maximum absolute atomic E-state index is 9.18. The Labute approximate surface area is 199 Å². The third kappa shape index (κ3) is 5.27. The van der Waals surface area contributed by atoms with Gasteiger partial charge in [0.05, 0.1) is 35.5 Å². The minimum atomic E-state index is -0.636. The average Bonchev–Trinajstić information content (AvgIpc) is 3.31. The average molecular weight is 457 g/mol. The molecule has 172 valence electrons. The van der Waals surface area contributed by atoms with Gasteiger partial charge in [0.15, 0.2) is 11.6 Å². The molecule has 6 unspecified atom stereocenters. The van der Waals surface area contributed by atoms with Crippen LogP contribution in [0, 0.1) is 64.4 Å². The maximum atomic E-state index is 9.18. The molecule has 0 N–H and O–H groups in total. The van der Waals surface area contributed by atoms with Crippen molar-refractivity contribution in [2.45, 2.75) is 63.7 Å². The lowest BCUT2D eigenvalue weighted by Gasteiger charge is -2.38. The van der Waals surface area contributed by atoms with Crippen LogP contribution in [-0.2, 0) is 18.9 Å². The third-order valence-electron chi connectivity index (χ3n) is 5.64. The highest BCUT2D eigenvalue weighted by atomic mass is 16.8. The fraction of sp³-hybridized carbons (Fsp3) is 0.462. The Morgan fingerprint density at radius 2 is 1.21 bits per heavy atom. The zero-order chi connectivity index (χ0) is 24.9. The quantitative estimate of drug-likeness (QED) is 0.310. The van der Waals surface area contributed by atoms with Crippen molar-refractivity contribution >= 4 is 0 Å². The molecule has 2 bridgehead atoms. The van der Waals surface area contributed by atoms with E-state index in [1.54, 1.807) is 0 Å². The van der Waals surface area contributed by atoms with E-state index < -0.39 is 11.6 Å². The standard InChI is InChI=1S/C13H12N2O2.C9H12O2.C4N2/c1-13(2)16-11-7-3-4-8(12(11)17-13)10(6-15)9(7)5-14;1-9(2)10-7-5-3-4-6-8(7)11-9;1-6-4-2-3-5/h3-4,7-8,11-12H,1-2H3;3-8H,1-2H3;. The minimum absolute atomic E-state index is 0.120. The van der Waals surface area contributed by atoms with Crippen molar-refractivity contribution < 1.29 is 18.9 Å². The molecule has 0 aromatic rings. The molecule has 0 aromatic carbocycles. The molecule has 6 aliphatic rings. The number of allylic oxidation sites excluding steroid dienone is 2. The predicted molar refractivity (Wildman–Crippen MR) is 120 cm³/mol. The van der Waals surface area contributed by atoms with E-state index in [-0.39, 0.29) is 36.3 Å². The van der Waals surface area contributed by atoms with Crippen LogP contribution in [0.3, 0.4) is 0 Å². The summed E-state index contributed by atoms with van der Waals surface area (Å²) in [5.41, 5.74) is 1.09. The van der Waals surface area contributed by atoms with Crippen molar-refractivity contribution in [1.82, 2.24) is 0 Å². The summed E-state index contributed by atoms with van der Waals surface area (Å²) in [6.45, 7) is 13.6. The van der Waals surface area contributed by atoms with E-state index in [0.717, 1.165) is 0 Å². The van der Waals surface area contributed by atoms with Gasteiger partial charge in [-0.2, -0.15) is 20.6 Å². The number of fused-ring (bicyclic) bond motifs is 1.